The number of rotatable bonds is 36. The van der Waals surface area contributed by atoms with Crippen molar-refractivity contribution in [1.29, 1.82) is 0 Å². The van der Waals surface area contributed by atoms with Gasteiger partial charge in [-0.15, -0.1) is 22.7 Å². The van der Waals surface area contributed by atoms with E-state index in [1.165, 1.54) is 193 Å². The Bertz CT molecular complexity index is 942. The molecule has 0 unspecified atom stereocenters. The molecular formula is C45H80O2S2. The van der Waals surface area contributed by atoms with Crippen LogP contribution in [0.5, 0.6) is 5.75 Å². The first kappa shape index (κ1) is 44.3. The van der Waals surface area contributed by atoms with Crippen molar-refractivity contribution in [3.05, 3.63) is 28.5 Å². The van der Waals surface area contributed by atoms with Gasteiger partial charge in [-0.1, -0.05) is 219 Å². The van der Waals surface area contributed by atoms with Gasteiger partial charge in [0.15, 0.2) is 0 Å². The lowest BCUT2D eigenvalue weighted by atomic mass is 9.83. The summed E-state index contributed by atoms with van der Waals surface area (Å²) < 4.78 is 0. The molecule has 2 aromatic heterocycles. The third kappa shape index (κ3) is 21.3. The predicted octanol–water partition coefficient (Wildman–Crippen LogP) is 16.7. The Morgan fingerprint density at radius 3 is 1.00 bits per heavy atom. The molecule has 2 N–H and O–H groups in total. The Hall–Kier alpha value is -0.840. The van der Waals surface area contributed by atoms with Crippen LogP contribution in [0.4, 0.5) is 0 Å². The fourth-order valence-corrected chi connectivity index (χ4v) is 9.61. The van der Waals surface area contributed by atoms with Gasteiger partial charge in [0.1, 0.15) is 5.75 Å². The molecule has 0 spiro atoms. The van der Waals surface area contributed by atoms with Crippen molar-refractivity contribution < 1.29 is 10.2 Å². The number of aliphatic hydroxyl groups is 1. The minimum Gasteiger partial charge on any atom is -0.506 e. The summed E-state index contributed by atoms with van der Waals surface area (Å²) in [6, 6.07) is 3.92. The zero-order chi connectivity index (χ0) is 35.1. The van der Waals surface area contributed by atoms with E-state index in [9.17, 15) is 10.2 Å². The molecule has 2 heterocycles. The molecule has 0 aliphatic rings. The van der Waals surface area contributed by atoms with Crippen molar-refractivity contribution >= 4 is 22.7 Å². The van der Waals surface area contributed by atoms with E-state index < -0.39 is 5.60 Å². The first-order chi connectivity index (χ1) is 24.1. The predicted molar refractivity (Wildman–Crippen MR) is 222 cm³/mol. The van der Waals surface area contributed by atoms with Crippen molar-refractivity contribution in [1.82, 2.24) is 0 Å². The highest BCUT2D eigenvalue weighted by atomic mass is 32.1. The normalized spacial score (nSPS) is 12.0. The lowest BCUT2D eigenvalue weighted by molar-refractivity contribution is 0.0141. The van der Waals surface area contributed by atoms with Crippen LogP contribution in [0.2, 0.25) is 0 Å². The summed E-state index contributed by atoms with van der Waals surface area (Å²) in [5.41, 5.74) is 0.259. The maximum Gasteiger partial charge on any atom is 0.135 e. The van der Waals surface area contributed by atoms with Crippen LogP contribution in [0.15, 0.2) is 22.9 Å². The van der Waals surface area contributed by atoms with E-state index in [-0.39, 0.29) is 0 Å². The topological polar surface area (TPSA) is 40.5 Å². The summed E-state index contributed by atoms with van der Waals surface area (Å²) in [4.78, 5) is 1.99. The van der Waals surface area contributed by atoms with Gasteiger partial charge in [0.25, 0.3) is 0 Å². The van der Waals surface area contributed by atoms with E-state index in [0.717, 1.165) is 41.0 Å². The SMILES string of the molecule is CCCCCCCCCCCCCCCCCCC(O)(CCCCCCCCCCCCCCCCCC)c1ccsc1-c1sccc1O. The molecule has 0 saturated heterocycles. The quantitative estimate of drug-likeness (QED) is 0.0689. The minimum absolute atomic E-state index is 0.348. The fraction of sp³-hybridized carbons (Fsp3) is 0.822. The molecule has 0 fully saturated rings. The maximum atomic E-state index is 12.2. The number of unbranched alkanes of at least 4 members (excludes halogenated alkanes) is 30. The third-order valence-electron chi connectivity index (χ3n) is 10.9. The molecule has 284 valence electrons. The maximum absolute atomic E-state index is 12.2. The molecule has 2 aromatic rings. The van der Waals surface area contributed by atoms with E-state index >= 15 is 0 Å². The average Bonchev–Trinajstić information content (AvgIpc) is 3.77. The Morgan fingerprint density at radius 2 is 0.694 bits per heavy atom. The summed E-state index contributed by atoms with van der Waals surface area (Å²) in [5, 5.41) is 26.8. The van der Waals surface area contributed by atoms with Gasteiger partial charge in [0, 0.05) is 5.56 Å². The van der Waals surface area contributed by atoms with Crippen LogP contribution < -0.4 is 0 Å². The lowest BCUT2D eigenvalue weighted by Crippen LogP contribution is -2.26. The van der Waals surface area contributed by atoms with Crippen molar-refractivity contribution in [2.75, 3.05) is 0 Å². The molecular weight excluding hydrogens is 637 g/mol. The summed E-state index contributed by atoms with van der Waals surface area (Å²) in [6.07, 6.45) is 45.5. The molecule has 4 heteroatoms. The summed E-state index contributed by atoms with van der Waals surface area (Å²) >= 11 is 3.25. The molecule has 2 rings (SSSR count). The summed E-state index contributed by atoms with van der Waals surface area (Å²) in [6.45, 7) is 4.59. The number of hydrogen-bond donors (Lipinski definition) is 2. The Morgan fingerprint density at radius 1 is 0.408 bits per heavy atom. The molecule has 0 atom stereocenters. The van der Waals surface area contributed by atoms with E-state index in [1.54, 1.807) is 28.7 Å². The summed E-state index contributed by atoms with van der Waals surface area (Å²) in [5.74, 6) is 0.348. The van der Waals surface area contributed by atoms with Crippen molar-refractivity contribution in [3.63, 3.8) is 0 Å². The second-order valence-corrected chi connectivity index (χ2v) is 17.3. The molecule has 0 aliphatic carbocycles. The van der Waals surface area contributed by atoms with Crippen LogP contribution in [-0.4, -0.2) is 10.2 Å². The molecule has 0 saturated carbocycles. The van der Waals surface area contributed by atoms with Crippen molar-refractivity contribution in [2.24, 2.45) is 0 Å². The highest BCUT2D eigenvalue weighted by Crippen LogP contribution is 2.46. The van der Waals surface area contributed by atoms with Gasteiger partial charge in [-0.2, -0.15) is 0 Å². The first-order valence-corrected chi connectivity index (χ1v) is 23.5. The smallest absolute Gasteiger partial charge is 0.135 e. The molecule has 0 radical (unpaired) electrons. The number of aromatic hydroxyl groups is 1. The zero-order valence-electron chi connectivity index (χ0n) is 32.6. The molecule has 0 aliphatic heterocycles. The Labute approximate surface area is 313 Å². The first-order valence-electron chi connectivity index (χ1n) is 21.7. The lowest BCUT2D eigenvalue weighted by Gasteiger charge is -2.29. The Kier molecular flexibility index (Phi) is 27.8. The molecule has 0 bridgehead atoms. The molecule has 0 aromatic carbocycles. The molecule has 2 nitrogen and oxygen atoms in total. The Balaban J connectivity index is 1.61. The van der Waals surface area contributed by atoms with Crippen LogP contribution in [0.25, 0.3) is 9.75 Å². The highest BCUT2D eigenvalue weighted by Gasteiger charge is 2.32. The highest BCUT2D eigenvalue weighted by molar-refractivity contribution is 7.20. The second-order valence-electron chi connectivity index (χ2n) is 15.4. The number of thiophene rings is 2. The van der Waals surface area contributed by atoms with Crippen LogP contribution in [-0.2, 0) is 5.60 Å². The van der Waals surface area contributed by atoms with Crippen LogP contribution in [0, 0.1) is 0 Å². The zero-order valence-corrected chi connectivity index (χ0v) is 34.2. The largest absolute Gasteiger partial charge is 0.506 e. The monoisotopic (exact) mass is 717 g/mol. The van der Waals surface area contributed by atoms with E-state index in [1.807, 2.05) is 5.38 Å². The van der Waals surface area contributed by atoms with Gasteiger partial charge < -0.3 is 10.2 Å². The van der Waals surface area contributed by atoms with Gasteiger partial charge in [-0.25, -0.2) is 0 Å². The van der Waals surface area contributed by atoms with Gasteiger partial charge >= 0.3 is 0 Å². The third-order valence-corrected chi connectivity index (χ3v) is 12.9. The minimum atomic E-state index is -0.794. The van der Waals surface area contributed by atoms with E-state index in [2.05, 4.69) is 25.3 Å². The van der Waals surface area contributed by atoms with Crippen LogP contribution in [0.1, 0.15) is 238 Å². The molecule has 0 amide bonds. The van der Waals surface area contributed by atoms with Gasteiger partial charge in [0.2, 0.25) is 0 Å². The summed E-state index contributed by atoms with van der Waals surface area (Å²) in [7, 11) is 0. The second kappa shape index (κ2) is 30.8. The van der Waals surface area contributed by atoms with Gasteiger partial charge in [-0.3, -0.25) is 0 Å². The van der Waals surface area contributed by atoms with E-state index in [0.29, 0.717) is 5.75 Å². The van der Waals surface area contributed by atoms with Gasteiger partial charge in [0.05, 0.1) is 15.4 Å². The van der Waals surface area contributed by atoms with Gasteiger partial charge in [-0.05, 0) is 35.7 Å². The fourth-order valence-electron chi connectivity index (χ4n) is 7.65. The van der Waals surface area contributed by atoms with Crippen LogP contribution >= 0.6 is 22.7 Å². The molecule has 49 heavy (non-hydrogen) atoms. The van der Waals surface area contributed by atoms with Crippen molar-refractivity contribution in [3.8, 4) is 15.5 Å². The van der Waals surface area contributed by atoms with Crippen molar-refractivity contribution in [2.45, 2.75) is 238 Å². The standard InChI is InChI=1S/C45H80O2S2/c1-3-5-7-9-11-13-15-17-19-21-23-25-27-29-31-33-37-45(47,41-35-39-48-43(41)44-42(46)36-40-49-44)38-34-32-30-28-26-24-22-20-18-16-14-12-10-8-6-4-2/h35-36,39-40,46-47H,3-34,37-38H2,1-2H3. The van der Waals surface area contributed by atoms with Crippen LogP contribution in [0.3, 0.4) is 0 Å². The number of hydrogen-bond acceptors (Lipinski definition) is 4. The van der Waals surface area contributed by atoms with E-state index in [4.69, 9.17) is 0 Å². The average molecular weight is 717 g/mol.